The van der Waals surface area contributed by atoms with Gasteiger partial charge in [0.05, 0.1) is 18.2 Å². The van der Waals surface area contributed by atoms with E-state index in [1.165, 1.54) is 11.1 Å². The smallest absolute Gasteiger partial charge is 0.254 e. The zero-order valence-electron chi connectivity index (χ0n) is 17.3. The third-order valence-corrected chi connectivity index (χ3v) is 6.60. The van der Waals surface area contributed by atoms with Crippen molar-refractivity contribution in [2.24, 2.45) is 4.99 Å². The fourth-order valence-electron chi connectivity index (χ4n) is 4.88. The Bertz CT molecular complexity index is 1100. The average molecular weight is 396 g/mol. The molecule has 1 heterocycles. The molecule has 0 spiro atoms. The van der Waals surface area contributed by atoms with Gasteiger partial charge < -0.3 is 4.90 Å². The van der Waals surface area contributed by atoms with Gasteiger partial charge in [0.1, 0.15) is 0 Å². The number of carbonyl (C=O) groups is 1. The van der Waals surface area contributed by atoms with Crippen LogP contribution in [0.3, 0.4) is 0 Å². The second kappa shape index (κ2) is 7.57. The van der Waals surface area contributed by atoms with Crippen molar-refractivity contribution in [2.75, 3.05) is 6.54 Å². The van der Waals surface area contributed by atoms with Crippen LogP contribution in [0.5, 0.6) is 0 Å². The van der Waals surface area contributed by atoms with E-state index in [-0.39, 0.29) is 11.9 Å². The van der Waals surface area contributed by atoms with Gasteiger partial charge in [-0.25, -0.2) is 0 Å². The predicted molar refractivity (Wildman–Crippen MR) is 119 cm³/mol. The molecular weight excluding hydrogens is 370 g/mol. The van der Waals surface area contributed by atoms with Gasteiger partial charge in [-0.3, -0.25) is 9.79 Å². The Balaban J connectivity index is 1.41. The molecule has 0 aromatic heterocycles. The third kappa shape index (κ3) is 3.35. The van der Waals surface area contributed by atoms with E-state index in [1.54, 1.807) is 0 Å². The van der Waals surface area contributed by atoms with Gasteiger partial charge in [-0.1, -0.05) is 24.3 Å². The van der Waals surface area contributed by atoms with Crippen molar-refractivity contribution in [1.82, 2.24) is 4.90 Å². The summed E-state index contributed by atoms with van der Waals surface area (Å²) in [6, 6.07) is 16.5. The molecule has 2 aromatic carbocycles. The van der Waals surface area contributed by atoms with E-state index >= 15 is 0 Å². The van der Waals surface area contributed by atoms with Crippen molar-refractivity contribution in [1.29, 1.82) is 5.26 Å². The minimum Gasteiger partial charge on any atom is -0.332 e. The highest BCUT2D eigenvalue weighted by atomic mass is 16.2. The zero-order chi connectivity index (χ0) is 20.7. The molecule has 1 saturated carbocycles. The third-order valence-electron chi connectivity index (χ3n) is 6.60. The van der Waals surface area contributed by atoms with Gasteiger partial charge in [-0.2, -0.15) is 5.26 Å². The summed E-state index contributed by atoms with van der Waals surface area (Å²) in [4.78, 5) is 20.1. The van der Waals surface area contributed by atoms with E-state index < -0.39 is 0 Å². The van der Waals surface area contributed by atoms with Crippen LogP contribution in [-0.4, -0.2) is 35.7 Å². The molecular formula is C26H25N3O. The number of aliphatic imine (C=N–C) groups is 1. The topological polar surface area (TPSA) is 56.5 Å². The van der Waals surface area contributed by atoms with E-state index in [1.807, 2.05) is 55.6 Å². The average Bonchev–Trinajstić information content (AvgIpc) is 3.49. The maximum atomic E-state index is 13.5. The van der Waals surface area contributed by atoms with Gasteiger partial charge in [0.2, 0.25) is 0 Å². The molecule has 4 heteroatoms. The van der Waals surface area contributed by atoms with Crippen LogP contribution >= 0.6 is 0 Å². The van der Waals surface area contributed by atoms with Gasteiger partial charge in [-0.15, -0.1) is 0 Å². The van der Waals surface area contributed by atoms with E-state index in [0.29, 0.717) is 11.6 Å². The quantitative estimate of drug-likeness (QED) is 0.725. The summed E-state index contributed by atoms with van der Waals surface area (Å²) in [7, 11) is 0. The molecule has 3 aliphatic rings. The monoisotopic (exact) mass is 395 g/mol. The predicted octanol–water partition coefficient (Wildman–Crippen LogP) is 5.07. The Morgan fingerprint density at radius 2 is 1.90 bits per heavy atom. The van der Waals surface area contributed by atoms with Crippen molar-refractivity contribution < 1.29 is 4.79 Å². The molecule has 4 nitrogen and oxygen atoms in total. The number of amides is 1. The lowest BCUT2D eigenvalue weighted by atomic mass is 9.88. The second-order valence-corrected chi connectivity index (χ2v) is 8.63. The van der Waals surface area contributed by atoms with E-state index in [2.05, 4.69) is 16.0 Å². The fourth-order valence-corrected chi connectivity index (χ4v) is 4.88. The second-order valence-electron chi connectivity index (χ2n) is 8.63. The van der Waals surface area contributed by atoms with Crippen LogP contribution in [0, 0.1) is 18.3 Å². The maximum absolute atomic E-state index is 13.5. The summed E-state index contributed by atoms with van der Waals surface area (Å²) in [5, 5.41) is 9.47. The van der Waals surface area contributed by atoms with Gasteiger partial charge in [0.15, 0.2) is 0 Å². The number of nitrogens with zero attached hydrogens (tertiary/aromatic N) is 3. The minimum absolute atomic E-state index is 0.137. The number of hydrogen-bond donors (Lipinski definition) is 0. The van der Waals surface area contributed by atoms with E-state index in [9.17, 15) is 10.1 Å². The number of nitriles is 1. The molecule has 0 radical (unpaired) electrons. The summed E-state index contributed by atoms with van der Waals surface area (Å²) >= 11 is 0. The number of carbonyl (C=O) groups excluding carboxylic acids is 1. The molecule has 2 aliphatic carbocycles. The number of aryl methyl sites for hydroxylation is 1. The Morgan fingerprint density at radius 1 is 1.10 bits per heavy atom. The first-order valence-electron chi connectivity index (χ1n) is 10.8. The zero-order valence-corrected chi connectivity index (χ0v) is 17.3. The SMILES string of the molecule is Cc1cccc(C#N)c1-c1ccc(C(=O)N(C2CC2)C2CCC3=C(C=NC3)C2)cc1. The molecule has 1 amide bonds. The van der Waals surface area contributed by atoms with Crippen molar-refractivity contribution in [3.63, 3.8) is 0 Å². The van der Waals surface area contributed by atoms with E-state index in [0.717, 1.165) is 60.9 Å². The molecule has 150 valence electrons. The molecule has 1 atom stereocenters. The van der Waals surface area contributed by atoms with Crippen LogP contribution < -0.4 is 0 Å². The van der Waals surface area contributed by atoms with Gasteiger partial charge in [-0.05, 0) is 79.5 Å². The molecule has 0 saturated heterocycles. The summed E-state index contributed by atoms with van der Waals surface area (Å²) in [6.07, 6.45) is 7.26. The highest BCUT2D eigenvalue weighted by Crippen LogP contribution is 2.37. The van der Waals surface area contributed by atoms with Crippen LogP contribution in [0.2, 0.25) is 0 Å². The van der Waals surface area contributed by atoms with Crippen LogP contribution in [0.15, 0.2) is 58.6 Å². The number of rotatable bonds is 4. The summed E-state index contributed by atoms with van der Waals surface area (Å²) in [5.74, 6) is 0.137. The highest BCUT2D eigenvalue weighted by molar-refractivity contribution is 5.96. The summed E-state index contributed by atoms with van der Waals surface area (Å²) < 4.78 is 0. The van der Waals surface area contributed by atoms with Crippen molar-refractivity contribution >= 4 is 12.1 Å². The Labute approximate surface area is 177 Å². The lowest BCUT2D eigenvalue weighted by molar-refractivity contribution is 0.0645. The lowest BCUT2D eigenvalue weighted by Gasteiger charge is -2.35. The molecule has 5 rings (SSSR count). The number of benzene rings is 2. The standard InChI is InChI=1S/C26H25N3O/c1-17-3-2-4-20(14-27)25(17)18-5-7-19(8-6-18)26(30)29(23-11-12-23)24-10-9-21-15-28-16-22(21)13-24/h2-8,16,23-24H,9-13,15H2,1H3. The van der Waals surface area contributed by atoms with Crippen molar-refractivity contribution in [3.05, 3.63) is 70.3 Å². The van der Waals surface area contributed by atoms with Gasteiger partial charge in [0.25, 0.3) is 5.91 Å². The minimum atomic E-state index is 0.137. The van der Waals surface area contributed by atoms with Gasteiger partial charge >= 0.3 is 0 Å². The molecule has 0 N–H and O–H groups in total. The molecule has 1 unspecified atom stereocenters. The first-order valence-corrected chi connectivity index (χ1v) is 10.8. The summed E-state index contributed by atoms with van der Waals surface area (Å²) in [5.41, 5.74) is 7.21. The van der Waals surface area contributed by atoms with Gasteiger partial charge in [0, 0.05) is 29.4 Å². The van der Waals surface area contributed by atoms with Crippen LogP contribution in [0.4, 0.5) is 0 Å². The molecule has 2 aromatic rings. The Morgan fingerprint density at radius 3 is 2.63 bits per heavy atom. The first-order chi connectivity index (χ1) is 14.7. The van der Waals surface area contributed by atoms with Crippen molar-refractivity contribution in [3.8, 4) is 17.2 Å². The first kappa shape index (κ1) is 18.8. The van der Waals surface area contributed by atoms with Crippen molar-refractivity contribution in [2.45, 2.75) is 51.1 Å². The van der Waals surface area contributed by atoms with Crippen LogP contribution in [0.25, 0.3) is 11.1 Å². The summed E-state index contributed by atoms with van der Waals surface area (Å²) in [6.45, 7) is 2.87. The molecule has 30 heavy (non-hydrogen) atoms. The number of hydrogen-bond acceptors (Lipinski definition) is 3. The normalized spacial score (nSPS) is 20.1. The molecule has 1 aliphatic heterocycles. The van der Waals surface area contributed by atoms with E-state index in [4.69, 9.17) is 0 Å². The lowest BCUT2D eigenvalue weighted by Crippen LogP contribution is -2.43. The maximum Gasteiger partial charge on any atom is 0.254 e. The van der Waals surface area contributed by atoms with Crippen LogP contribution in [-0.2, 0) is 0 Å². The fraction of sp³-hybridized carbons (Fsp3) is 0.346. The Kier molecular flexibility index (Phi) is 4.75. The Hall–Kier alpha value is -3.19. The molecule has 1 fully saturated rings. The molecule has 0 bridgehead atoms. The highest BCUT2D eigenvalue weighted by Gasteiger charge is 2.39. The largest absolute Gasteiger partial charge is 0.332 e. The van der Waals surface area contributed by atoms with Crippen LogP contribution in [0.1, 0.15) is 53.6 Å².